The summed E-state index contributed by atoms with van der Waals surface area (Å²) >= 11 is 1.48. The van der Waals surface area contributed by atoms with E-state index >= 15 is 0 Å². The van der Waals surface area contributed by atoms with Crippen LogP contribution in [0.25, 0.3) is 11.8 Å². The summed E-state index contributed by atoms with van der Waals surface area (Å²) in [5, 5.41) is 0.800. The van der Waals surface area contributed by atoms with Gasteiger partial charge < -0.3 is 4.57 Å². The zero-order valence-corrected chi connectivity index (χ0v) is 18.6. The fourth-order valence-electron chi connectivity index (χ4n) is 3.42. The number of aliphatic imine (C=N–C) groups is 1. The van der Waals surface area contributed by atoms with Crippen LogP contribution in [0.4, 0.5) is 0 Å². The first-order valence-corrected chi connectivity index (χ1v) is 10.6. The normalized spacial score (nSPS) is 17.8. The summed E-state index contributed by atoms with van der Waals surface area (Å²) in [7, 11) is 0. The second-order valence-electron chi connectivity index (χ2n) is 7.88. The number of hydrogen-bond acceptors (Lipinski definition) is 3. The van der Waals surface area contributed by atoms with Crippen LogP contribution in [0.1, 0.15) is 50.2 Å². The van der Waals surface area contributed by atoms with E-state index in [1.165, 1.54) is 17.3 Å². The van der Waals surface area contributed by atoms with Crippen LogP contribution in [0.3, 0.4) is 0 Å². The minimum absolute atomic E-state index is 0.0412. The SMILES string of the molecule is Cc1ccc(-n2c(C)cc(/C=C3\SC(=NC(C)C)N(C(C)C)C3=O)c2C)cc1. The molecule has 0 aliphatic carbocycles. The van der Waals surface area contributed by atoms with Crippen LogP contribution in [0.15, 0.2) is 40.2 Å². The van der Waals surface area contributed by atoms with Crippen LogP contribution < -0.4 is 0 Å². The zero-order valence-electron chi connectivity index (χ0n) is 17.8. The van der Waals surface area contributed by atoms with E-state index in [4.69, 9.17) is 0 Å². The molecule has 2 heterocycles. The van der Waals surface area contributed by atoms with Gasteiger partial charge in [-0.15, -0.1) is 0 Å². The fraction of sp³-hybridized carbons (Fsp3) is 0.391. The topological polar surface area (TPSA) is 37.6 Å². The first-order valence-electron chi connectivity index (χ1n) is 9.76. The summed E-state index contributed by atoms with van der Waals surface area (Å²) in [5.74, 6) is 0.0412. The lowest BCUT2D eigenvalue weighted by molar-refractivity contribution is -0.123. The minimum atomic E-state index is 0.0412. The lowest BCUT2D eigenvalue weighted by atomic mass is 10.2. The molecule has 4 nitrogen and oxygen atoms in total. The van der Waals surface area contributed by atoms with Crippen molar-refractivity contribution in [2.75, 3.05) is 0 Å². The summed E-state index contributed by atoms with van der Waals surface area (Å²) in [5.41, 5.74) is 5.74. The molecule has 0 saturated carbocycles. The van der Waals surface area contributed by atoms with Crippen molar-refractivity contribution in [3.8, 4) is 5.69 Å². The number of carbonyl (C=O) groups is 1. The van der Waals surface area contributed by atoms with Crippen LogP contribution >= 0.6 is 11.8 Å². The van der Waals surface area contributed by atoms with Gasteiger partial charge >= 0.3 is 0 Å². The molecule has 3 rings (SSSR count). The molecule has 1 amide bonds. The van der Waals surface area contributed by atoms with Crippen molar-refractivity contribution in [2.24, 2.45) is 4.99 Å². The number of thioether (sulfide) groups is 1. The number of hydrogen-bond donors (Lipinski definition) is 0. The van der Waals surface area contributed by atoms with Crippen LogP contribution in [-0.4, -0.2) is 32.6 Å². The van der Waals surface area contributed by atoms with Crippen LogP contribution in [0.2, 0.25) is 0 Å². The van der Waals surface area contributed by atoms with Gasteiger partial charge in [-0.25, -0.2) is 0 Å². The van der Waals surface area contributed by atoms with E-state index in [2.05, 4.69) is 60.7 Å². The van der Waals surface area contributed by atoms with Crippen molar-refractivity contribution in [2.45, 2.75) is 60.5 Å². The molecule has 1 fully saturated rings. The molecule has 0 unspecified atom stereocenters. The van der Waals surface area contributed by atoms with Crippen molar-refractivity contribution < 1.29 is 4.79 Å². The quantitative estimate of drug-likeness (QED) is 0.642. The Morgan fingerprint density at radius 1 is 1.04 bits per heavy atom. The third-order valence-corrected chi connectivity index (χ3v) is 5.77. The Kier molecular flexibility index (Phi) is 5.84. The molecular weight excluding hydrogens is 366 g/mol. The number of rotatable bonds is 4. The van der Waals surface area contributed by atoms with E-state index in [0.29, 0.717) is 0 Å². The monoisotopic (exact) mass is 395 g/mol. The van der Waals surface area contributed by atoms with Crippen molar-refractivity contribution in [3.63, 3.8) is 0 Å². The molecule has 148 valence electrons. The first kappa shape index (κ1) is 20.5. The van der Waals surface area contributed by atoms with Gasteiger partial charge in [0, 0.05) is 29.2 Å². The van der Waals surface area contributed by atoms with Gasteiger partial charge in [-0.3, -0.25) is 14.7 Å². The number of nitrogens with zero attached hydrogens (tertiary/aromatic N) is 3. The largest absolute Gasteiger partial charge is 0.318 e. The molecule has 1 aromatic carbocycles. The predicted molar refractivity (Wildman–Crippen MR) is 120 cm³/mol. The van der Waals surface area contributed by atoms with Crippen LogP contribution in [-0.2, 0) is 4.79 Å². The maximum atomic E-state index is 13.0. The molecule has 28 heavy (non-hydrogen) atoms. The zero-order chi connectivity index (χ0) is 20.6. The minimum Gasteiger partial charge on any atom is -0.318 e. The van der Waals surface area contributed by atoms with Crippen molar-refractivity contribution in [1.82, 2.24) is 9.47 Å². The Labute approximate surface area is 172 Å². The molecule has 1 aliphatic rings. The number of aryl methyl sites for hydroxylation is 2. The molecule has 5 heteroatoms. The van der Waals surface area contributed by atoms with Gasteiger partial charge in [-0.2, -0.15) is 0 Å². The standard InChI is InChI=1S/C23H29N3OS/c1-14(2)24-23-25(15(3)4)22(27)21(28-23)13-19-12-17(6)26(18(19)7)20-10-8-16(5)9-11-20/h8-15H,1-7H3/b21-13-,24-23?. The molecule has 0 radical (unpaired) electrons. The highest BCUT2D eigenvalue weighted by Gasteiger charge is 2.35. The predicted octanol–water partition coefficient (Wildman–Crippen LogP) is 5.49. The average Bonchev–Trinajstić information content (AvgIpc) is 3.05. The van der Waals surface area contributed by atoms with Gasteiger partial charge in [-0.1, -0.05) is 17.7 Å². The number of aromatic nitrogens is 1. The second-order valence-corrected chi connectivity index (χ2v) is 8.89. The van der Waals surface area contributed by atoms with Gasteiger partial charge in [0.2, 0.25) is 0 Å². The summed E-state index contributed by atoms with van der Waals surface area (Å²) in [6, 6.07) is 10.9. The van der Waals surface area contributed by atoms with Crippen molar-refractivity contribution in [3.05, 3.63) is 57.8 Å². The van der Waals surface area contributed by atoms with Crippen LogP contribution in [0.5, 0.6) is 0 Å². The lowest BCUT2D eigenvalue weighted by Gasteiger charge is -2.20. The Hall–Kier alpha value is -2.27. The maximum absolute atomic E-state index is 13.0. The molecular formula is C23H29N3OS. The average molecular weight is 396 g/mol. The lowest BCUT2D eigenvalue weighted by Crippen LogP contribution is -2.35. The van der Waals surface area contributed by atoms with E-state index in [1.807, 2.05) is 33.8 Å². The smallest absolute Gasteiger partial charge is 0.266 e. The summed E-state index contributed by atoms with van der Waals surface area (Å²) in [6.45, 7) is 14.4. The van der Waals surface area contributed by atoms with Gasteiger partial charge in [0.15, 0.2) is 5.17 Å². The maximum Gasteiger partial charge on any atom is 0.266 e. The van der Waals surface area contributed by atoms with Crippen molar-refractivity contribution in [1.29, 1.82) is 0 Å². The highest BCUT2D eigenvalue weighted by Crippen LogP contribution is 2.35. The van der Waals surface area contributed by atoms with Gasteiger partial charge in [0.1, 0.15) is 0 Å². The first-order chi connectivity index (χ1) is 13.2. The fourth-order valence-corrected chi connectivity index (χ4v) is 4.64. The highest BCUT2D eigenvalue weighted by atomic mass is 32.2. The van der Waals surface area contributed by atoms with E-state index in [1.54, 1.807) is 4.90 Å². The Morgan fingerprint density at radius 2 is 1.68 bits per heavy atom. The van der Waals surface area contributed by atoms with E-state index in [-0.39, 0.29) is 18.0 Å². The molecule has 1 aliphatic heterocycles. The van der Waals surface area contributed by atoms with E-state index < -0.39 is 0 Å². The Balaban J connectivity index is 2.01. The molecule has 0 spiro atoms. The molecule has 0 bridgehead atoms. The van der Waals surface area contributed by atoms with Gasteiger partial charge in [0.05, 0.1) is 4.91 Å². The Morgan fingerprint density at radius 3 is 2.25 bits per heavy atom. The molecule has 1 saturated heterocycles. The second kappa shape index (κ2) is 8.00. The van der Waals surface area contributed by atoms with Gasteiger partial charge in [-0.05, 0) is 90.1 Å². The highest BCUT2D eigenvalue weighted by molar-refractivity contribution is 8.18. The number of benzene rings is 1. The summed E-state index contributed by atoms with van der Waals surface area (Å²) in [4.78, 5) is 20.2. The van der Waals surface area contributed by atoms with E-state index in [9.17, 15) is 4.79 Å². The summed E-state index contributed by atoms with van der Waals surface area (Å²) < 4.78 is 2.24. The summed E-state index contributed by atoms with van der Waals surface area (Å²) in [6.07, 6.45) is 2.01. The van der Waals surface area contributed by atoms with Crippen molar-refractivity contribution >= 4 is 28.9 Å². The third-order valence-electron chi connectivity index (χ3n) is 4.77. The third kappa shape index (κ3) is 3.95. The molecule has 0 atom stereocenters. The molecule has 2 aromatic rings. The van der Waals surface area contributed by atoms with E-state index in [0.717, 1.165) is 32.7 Å². The number of amidine groups is 1. The van der Waals surface area contributed by atoms with Crippen LogP contribution in [0, 0.1) is 20.8 Å². The Bertz CT molecular complexity index is 949. The number of carbonyl (C=O) groups excluding carboxylic acids is 1. The molecule has 0 N–H and O–H groups in total. The number of amides is 1. The van der Waals surface area contributed by atoms with Gasteiger partial charge in [0.25, 0.3) is 5.91 Å². The molecule has 1 aromatic heterocycles.